The van der Waals surface area contributed by atoms with Gasteiger partial charge in [0, 0.05) is 31.0 Å². The lowest BCUT2D eigenvalue weighted by molar-refractivity contribution is -0.123. The van der Waals surface area contributed by atoms with Crippen LogP contribution in [0.25, 0.3) is 11.4 Å². The third-order valence-corrected chi connectivity index (χ3v) is 4.07. The number of nitrogens with zero attached hydrogens (tertiary/aromatic N) is 2. The minimum Gasteiger partial charge on any atom is -0.497 e. The van der Waals surface area contributed by atoms with Gasteiger partial charge in [-0.25, -0.2) is 4.98 Å². The van der Waals surface area contributed by atoms with Crippen molar-refractivity contribution in [3.05, 3.63) is 67.0 Å². The highest BCUT2D eigenvalue weighted by atomic mass is 16.5. The van der Waals surface area contributed by atoms with Crippen LogP contribution in [0.1, 0.15) is 6.42 Å². The van der Waals surface area contributed by atoms with Crippen molar-refractivity contribution in [2.45, 2.75) is 13.0 Å². The van der Waals surface area contributed by atoms with E-state index in [4.69, 9.17) is 9.47 Å². The molecule has 1 amide bonds. The van der Waals surface area contributed by atoms with Gasteiger partial charge in [-0.2, -0.15) is 0 Å². The number of rotatable bonds is 9. The van der Waals surface area contributed by atoms with Gasteiger partial charge in [-0.15, -0.1) is 0 Å². The maximum Gasteiger partial charge on any atom is 0.257 e. The van der Waals surface area contributed by atoms with E-state index < -0.39 is 0 Å². The summed E-state index contributed by atoms with van der Waals surface area (Å²) in [4.78, 5) is 16.3. The molecule has 140 valence electrons. The largest absolute Gasteiger partial charge is 0.497 e. The Balaban J connectivity index is 1.39. The Bertz CT molecular complexity index is 845. The zero-order valence-electron chi connectivity index (χ0n) is 15.3. The van der Waals surface area contributed by atoms with Gasteiger partial charge in [0.25, 0.3) is 5.91 Å². The van der Waals surface area contributed by atoms with Crippen LogP contribution >= 0.6 is 0 Å². The van der Waals surface area contributed by atoms with Crippen LogP contribution in [0.15, 0.2) is 67.0 Å². The fraction of sp³-hybridized carbons (Fsp3) is 0.238. The van der Waals surface area contributed by atoms with E-state index in [0.717, 1.165) is 30.1 Å². The predicted octanol–water partition coefficient (Wildman–Crippen LogP) is 3.14. The normalized spacial score (nSPS) is 10.4. The fourth-order valence-corrected chi connectivity index (χ4v) is 2.69. The summed E-state index contributed by atoms with van der Waals surface area (Å²) in [5.41, 5.74) is 1.08. The van der Waals surface area contributed by atoms with Crippen molar-refractivity contribution in [1.29, 1.82) is 0 Å². The molecule has 0 fully saturated rings. The molecule has 0 unspecified atom stereocenters. The van der Waals surface area contributed by atoms with E-state index in [1.807, 2.05) is 36.5 Å². The van der Waals surface area contributed by atoms with Gasteiger partial charge in [-0.1, -0.05) is 30.3 Å². The Hall–Kier alpha value is -3.28. The highest BCUT2D eigenvalue weighted by Gasteiger charge is 2.06. The van der Waals surface area contributed by atoms with E-state index >= 15 is 0 Å². The number of imidazole rings is 1. The summed E-state index contributed by atoms with van der Waals surface area (Å²) in [6.45, 7) is 1.35. The van der Waals surface area contributed by atoms with Gasteiger partial charge in [0.15, 0.2) is 6.61 Å². The average Bonchev–Trinajstić information content (AvgIpc) is 3.19. The topological polar surface area (TPSA) is 65.4 Å². The van der Waals surface area contributed by atoms with Crippen LogP contribution < -0.4 is 14.8 Å². The molecule has 27 heavy (non-hydrogen) atoms. The van der Waals surface area contributed by atoms with Gasteiger partial charge in [-0.05, 0) is 30.7 Å². The van der Waals surface area contributed by atoms with Crippen LogP contribution in [-0.4, -0.2) is 35.7 Å². The maximum absolute atomic E-state index is 11.9. The van der Waals surface area contributed by atoms with Crippen molar-refractivity contribution in [3.8, 4) is 22.9 Å². The molecule has 6 nitrogen and oxygen atoms in total. The Morgan fingerprint density at radius 2 is 1.81 bits per heavy atom. The smallest absolute Gasteiger partial charge is 0.257 e. The van der Waals surface area contributed by atoms with Crippen LogP contribution in [-0.2, 0) is 11.3 Å². The molecule has 1 aromatic heterocycles. The molecule has 1 N–H and O–H groups in total. The number of benzene rings is 2. The zero-order valence-corrected chi connectivity index (χ0v) is 15.3. The summed E-state index contributed by atoms with van der Waals surface area (Å²) in [5.74, 6) is 2.18. The quantitative estimate of drug-likeness (QED) is 0.592. The lowest BCUT2D eigenvalue weighted by Gasteiger charge is -2.10. The molecule has 0 aliphatic rings. The van der Waals surface area contributed by atoms with Crippen LogP contribution in [0.4, 0.5) is 0 Å². The van der Waals surface area contributed by atoms with E-state index in [0.29, 0.717) is 12.3 Å². The number of hydrogen-bond donors (Lipinski definition) is 1. The number of methoxy groups -OCH3 is 1. The number of carbonyl (C=O) groups is 1. The predicted molar refractivity (Wildman–Crippen MR) is 104 cm³/mol. The Kier molecular flexibility index (Phi) is 6.46. The molecule has 0 radical (unpaired) electrons. The van der Waals surface area contributed by atoms with Crippen LogP contribution in [0.3, 0.4) is 0 Å². The van der Waals surface area contributed by atoms with Crippen molar-refractivity contribution in [2.24, 2.45) is 0 Å². The first-order valence-electron chi connectivity index (χ1n) is 8.86. The van der Waals surface area contributed by atoms with Crippen LogP contribution in [0, 0.1) is 0 Å². The van der Waals surface area contributed by atoms with E-state index in [2.05, 4.69) is 14.9 Å². The van der Waals surface area contributed by atoms with Crippen LogP contribution in [0.5, 0.6) is 11.5 Å². The van der Waals surface area contributed by atoms with Crippen molar-refractivity contribution in [1.82, 2.24) is 14.9 Å². The molecule has 0 atom stereocenters. The summed E-state index contributed by atoms with van der Waals surface area (Å²) in [6.07, 6.45) is 4.56. The minimum absolute atomic E-state index is 0.00727. The van der Waals surface area contributed by atoms with Gasteiger partial charge < -0.3 is 19.4 Å². The third-order valence-electron chi connectivity index (χ3n) is 4.07. The van der Waals surface area contributed by atoms with Gasteiger partial charge in [0.05, 0.1) is 7.11 Å². The SMILES string of the molecule is COc1ccc(OCC(=O)NCCCn2ccnc2-c2ccccc2)cc1. The number of nitrogens with one attached hydrogen (secondary N) is 1. The Morgan fingerprint density at radius 3 is 2.56 bits per heavy atom. The molecule has 0 bridgehead atoms. The van der Waals surface area contributed by atoms with Gasteiger partial charge >= 0.3 is 0 Å². The number of hydrogen-bond acceptors (Lipinski definition) is 4. The highest BCUT2D eigenvalue weighted by molar-refractivity contribution is 5.77. The number of aryl methyl sites for hydroxylation is 1. The molecular formula is C21H23N3O3. The van der Waals surface area contributed by atoms with E-state index in [1.165, 1.54) is 0 Å². The molecule has 0 aliphatic heterocycles. The summed E-state index contributed by atoms with van der Waals surface area (Å²) in [7, 11) is 1.61. The van der Waals surface area contributed by atoms with Crippen molar-refractivity contribution >= 4 is 5.91 Å². The Morgan fingerprint density at radius 1 is 1.07 bits per heavy atom. The molecule has 1 heterocycles. The molecule has 0 spiro atoms. The second kappa shape index (κ2) is 9.43. The van der Waals surface area contributed by atoms with Gasteiger partial charge in [0.1, 0.15) is 17.3 Å². The Labute approximate surface area is 158 Å². The van der Waals surface area contributed by atoms with Gasteiger partial charge in [-0.3, -0.25) is 4.79 Å². The third kappa shape index (κ3) is 5.34. The number of aromatic nitrogens is 2. The number of amides is 1. The summed E-state index contributed by atoms with van der Waals surface area (Å²) < 4.78 is 12.6. The minimum atomic E-state index is -0.139. The summed E-state index contributed by atoms with van der Waals surface area (Å²) >= 11 is 0. The molecule has 0 saturated carbocycles. The standard InChI is InChI=1S/C21H23N3O3/c1-26-18-8-10-19(11-9-18)27-16-20(25)22-12-5-14-24-15-13-23-21(24)17-6-3-2-4-7-17/h2-4,6-11,13,15H,5,12,14,16H2,1H3,(H,22,25). The number of carbonyl (C=O) groups excluding carboxylic acids is 1. The molecule has 6 heteroatoms. The first-order chi connectivity index (χ1) is 13.3. The van der Waals surface area contributed by atoms with Crippen molar-refractivity contribution in [2.75, 3.05) is 20.3 Å². The molecule has 3 aromatic rings. The summed E-state index contributed by atoms with van der Waals surface area (Å²) in [5, 5.41) is 2.87. The first-order valence-corrected chi connectivity index (χ1v) is 8.86. The second-order valence-corrected chi connectivity index (χ2v) is 5.98. The lowest BCUT2D eigenvalue weighted by Crippen LogP contribution is -2.30. The monoisotopic (exact) mass is 365 g/mol. The van der Waals surface area contributed by atoms with Crippen LogP contribution in [0.2, 0.25) is 0 Å². The maximum atomic E-state index is 11.9. The molecular weight excluding hydrogens is 342 g/mol. The molecule has 2 aromatic carbocycles. The average molecular weight is 365 g/mol. The molecule has 3 rings (SSSR count). The fourth-order valence-electron chi connectivity index (χ4n) is 2.69. The lowest BCUT2D eigenvalue weighted by atomic mass is 10.2. The second-order valence-electron chi connectivity index (χ2n) is 5.98. The molecule has 0 aliphatic carbocycles. The van der Waals surface area contributed by atoms with E-state index in [-0.39, 0.29) is 12.5 Å². The zero-order chi connectivity index (χ0) is 18.9. The van der Waals surface area contributed by atoms with E-state index in [9.17, 15) is 4.79 Å². The van der Waals surface area contributed by atoms with Crippen molar-refractivity contribution < 1.29 is 14.3 Å². The van der Waals surface area contributed by atoms with Gasteiger partial charge in [0.2, 0.25) is 0 Å². The highest BCUT2D eigenvalue weighted by Crippen LogP contribution is 2.17. The van der Waals surface area contributed by atoms with Crippen molar-refractivity contribution in [3.63, 3.8) is 0 Å². The number of ether oxygens (including phenoxy) is 2. The summed E-state index contributed by atoms with van der Waals surface area (Å²) in [6, 6.07) is 17.2. The molecule has 0 saturated heterocycles. The van der Waals surface area contributed by atoms with E-state index in [1.54, 1.807) is 37.6 Å². The first kappa shape index (κ1) is 18.5.